The average molecular weight is 302 g/mol. The highest BCUT2D eigenvalue weighted by atomic mass is 19.3. The van der Waals surface area contributed by atoms with Crippen LogP contribution in [0, 0.1) is 5.92 Å². The molecule has 116 valence electrons. The van der Waals surface area contributed by atoms with Crippen LogP contribution in [-0.2, 0) is 4.79 Å². The highest BCUT2D eigenvalue weighted by molar-refractivity contribution is 5.81. The van der Waals surface area contributed by atoms with E-state index in [-0.39, 0.29) is 11.8 Å². The second-order valence-corrected chi connectivity index (χ2v) is 4.49. The Kier molecular flexibility index (Phi) is 4.71. The summed E-state index contributed by atoms with van der Waals surface area (Å²) in [5.41, 5.74) is 0. The fraction of sp³-hybridized carbons (Fsp3) is 0.583. The van der Waals surface area contributed by atoms with Crippen LogP contribution in [0.15, 0.2) is 6.07 Å². The Morgan fingerprint density at radius 1 is 1.38 bits per heavy atom. The number of nitrogens with one attached hydrogen (secondary N) is 1. The van der Waals surface area contributed by atoms with Gasteiger partial charge in [-0.1, -0.05) is 0 Å². The highest BCUT2D eigenvalue weighted by Gasteiger charge is 2.34. The number of alkyl halides is 2. The summed E-state index contributed by atoms with van der Waals surface area (Å²) in [6.45, 7) is 0.107. The maximum absolute atomic E-state index is 12.0. The van der Waals surface area contributed by atoms with E-state index < -0.39 is 13.0 Å². The van der Waals surface area contributed by atoms with E-state index in [1.807, 2.05) is 0 Å². The average Bonchev–Trinajstić information content (AvgIpc) is 2.43. The smallest absolute Gasteiger partial charge is 0.255 e. The first-order valence-electron chi connectivity index (χ1n) is 6.31. The number of hydrogen-bond acceptors (Lipinski definition) is 6. The van der Waals surface area contributed by atoms with Crippen molar-refractivity contribution in [3.05, 3.63) is 6.07 Å². The molecule has 1 amide bonds. The van der Waals surface area contributed by atoms with Gasteiger partial charge in [-0.2, -0.15) is 9.97 Å². The van der Waals surface area contributed by atoms with Crippen LogP contribution in [0.2, 0.25) is 0 Å². The van der Waals surface area contributed by atoms with Gasteiger partial charge in [0.2, 0.25) is 23.6 Å². The number of carbonyl (C=O) groups is 1. The van der Waals surface area contributed by atoms with E-state index in [2.05, 4.69) is 15.3 Å². The molecule has 9 heteroatoms. The molecule has 7 nitrogen and oxygen atoms in total. The Bertz CT molecular complexity index is 487. The van der Waals surface area contributed by atoms with Crippen molar-refractivity contribution in [2.45, 2.75) is 6.43 Å². The molecule has 0 radical (unpaired) electrons. The number of methoxy groups -OCH3 is 2. The van der Waals surface area contributed by atoms with E-state index in [1.165, 1.54) is 20.3 Å². The third-order valence-corrected chi connectivity index (χ3v) is 3.05. The zero-order chi connectivity index (χ0) is 15.4. The molecule has 0 aliphatic carbocycles. The zero-order valence-electron chi connectivity index (χ0n) is 11.7. The van der Waals surface area contributed by atoms with Gasteiger partial charge in [0.15, 0.2) is 0 Å². The van der Waals surface area contributed by atoms with Gasteiger partial charge in [0.25, 0.3) is 6.43 Å². The molecular weight excluding hydrogens is 286 g/mol. The highest BCUT2D eigenvalue weighted by Crippen LogP contribution is 2.25. The fourth-order valence-corrected chi connectivity index (χ4v) is 1.87. The topological polar surface area (TPSA) is 76.6 Å². The van der Waals surface area contributed by atoms with Gasteiger partial charge >= 0.3 is 0 Å². The lowest BCUT2D eigenvalue weighted by molar-refractivity contribution is -0.126. The largest absolute Gasteiger partial charge is 0.481 e. The Hall–Kier alpha value is -2.19. The lowest BCUT2D eigenvalue weighted by Gasteiger charge is -2.38. The molecule has 0 spiro atoms. The van der Waals surface area contributed by atoms with Gasteiger partial charge in [-0.05, 0) is 0 Å². The van der Waals surface area contributed by atoms with Crippen LogP contribution in [-0.4, -0.2) is 56.2 Å². The Morgan fingerprint density at radius 2 is 1.95 bits per heavy atom. The molecule has 0 bridgehead atoms. The number of ether oxygens (including phenoxy) is 2. The Labute approximate surface area is 120 Å². The first-order valence-corrected chi connectivity index (χ1v) is 6.31. The molecule has 2 rings (SSSR count). The zero-order valence-corrected chi connectivity index (χ0v) is 11.7. The van der Waals surface area contributed by atoms with Crippen molar-refractivity contribution in [3.8, 4) is 11.8 Å². The lowest BCUT2D eigenvalue weighted by Crippen LogP contribution is -2.54. The van der Waals surface area contributed by atoms with E-state index in [0.29, 0.717) is 30.8 Å². The van der Waals surface area contributed by atoms with Crippen LogP contribution in [0.25, 0.3) is 0 Å². The third kappa shape index (κ3) is 3.67. The number of carbonyl (C=O) groups excluding carboxylic acids is 1. The SMILES string of the molecule is COc1cc(OC)nc(N2CC(C(=O)NCC(F)F)C2)n1. The van der Waals surface area contributed by atoms with Gasteiger partial charge in [-0.3, -0.25) is 4.79 Å². The van der Waals surface area contributed by atoms with Crippen molar-refractivity contribution in [2.24, 2.45) is 5.92 Å². The second-order valence-electron chi connectivity index (χ2n) is 4.49. The van der Waals surface area contributed by atoms with E-state index in [0.717, 1.165) is 0 Å². The van der Waals surface area contributed by atoms with Crippen LogP contribution in [0.4, 0.5) is 14.7 Å². The summed E-state index contributed by atoms with van der Waals surface area (Å²) < 4.78 is 34.1. The van der Waals surface area contributed by atoms with Crippen molar-refractivity contribution < 1.29 is 23.0 Å². The summed E-state index contributed by atoms with van der Waals surface area (Å²) in [7, 11) is 2.95. The molecule has 2 heterocycles. The first kappa shape index (κ1) is 15.2. The molecule has 1 aromatic heterocycles. The molecule has 0 saturated carbocycles. The number of aromatic nitrogens is 2. The maximum Gasteiger partial charge on any atom is 0.255 e. The Morgan fingerprint density at radius 3 is 2.43 bits per heavy atom. The second kappa shape index (κ2) is 6.51. The summed E-state index contributed by atoms with van der Waals surface area (Å²) in [5.74, 6) is 0.347. The molecule has 0 unspecified atom stereocenters. The molecule has 0 atom stereocenters. The van der Waals surface area contributed by atoms with Crippen molar-refractivity contribution in [2.75, 3.05) is 38.8 Å². The standard InChI is InChI=1S/C12H16F2N4O3/c1-20-9-3-10(21-2)17-12(16-9)18-5-7(6-18)11(19)15-4-8(13)14/h3,7-8H,4-6H2,1-2H3,(H,15,19). The minimum Gasteiger partial charge on any atom is -0.481 e. The molecule has 0 aromatic carbocycles. The van der Waals surface area contributed by atoms with E-state index in [1.54, 1.807) is 4.90 Å². The van der Waals surface area contributed by atoms with E-state index >= 15 is 0 Å². The molecule has 1 saturated heterocycles. The Balaban J connectivity index is 1.93. The van der Waals surface area contributed by atoms with Gasteiger partial charge in [-0.25, -0.2) is 8.78 Å². The number of amides is 1. The predicted molar refractivity (Wildman–Crippen MR) is 69.9 cm³/mol. The number of halogens is 2. The summed E-state index contributed by atoms with van der Waals surface area (Å²) >= 11 is 0. The summed E-state index contributed by atoms with van der Waals surface area (Å²) in [5, 5.41) is 2.20. The van der Waals surface area contributed by atoms with Crippen molar-refractivity contribution in [1.82, 2.24) is 15.3 Å². The van der Waals surface area contributed by atoms with Gasteiger partial charge in [0.1, 0.15) is 0 Å². The molecule has 21 heavy (non-hydrogen) atoms. The molecular formula is C12H16F2N4O3. The predicted octanol–water partition coefficient (Wildman–Crippen LogP) is 0.311. The monoisotopic (exact) mass is 302 g/mol. The van der Waals surface area contributed by atoms with Crippen LogP contribution >= 0.6 is 0 Å². The summed E-state index contributed by atoms with van der Waals surface area (Å²) in [4.78, 5) is 21.6. The van der Waals surface area contributed by atoms with Gasteiger partial charge in [0.05, 0.1) is 32.7 Å². The summed E-state index contributed by atoms with van der Waals surface area (Å²) in [6, 6.07) is 1.54. The first-order chi connectivity index (χ1) is 10.0. The van der Waals surface area contributed by atoms with Crippen LogP contribution in [0.5, 0.6) is 11.8 Å². The molecule has 1 N–H and O–H groups in total. The number of nitrogens with zero attached hydrogens (tertiary/aromatic N) is 3. The minimum atomic E-state index is -2.55. The van der Waals surface area contributed by atoms with Crippen LogP contribution in [0.1, 0.15) is 0 Å². The maximum atomic E-state index is 12.0. The van der Waals surface area contributed by atoms with Gasteiger partial charge in [-0.15, -0.1) is 0 Å². The number of hydrogen-bond donors (Lipinski definition) is 1. The van der Waals surface area contributed by atoms with Gasteiger partial charge < -0.3 is 19.7 Å². The summed E-state index contributed by atoms with van der Waals surface area (Å²) in [6.07, 6.45) is -2.55. The lowest BCUT2D eigenvalue weighted by atomic mass is 10.00. The van der Waals surface area contributed by atoms with Crippen molar-refractivity contribution >= 4 is 11.9 Å². The number of rotatable bonds is 6. The minimum absolute atomic E-state index is 0.343. The molecule has 1 aliphatic rings. The number of anilines is 1. The third-order valence-electron chi connectivity index (χ3n) is 3.05. The van der Waals surface area contributed by atoms with Crippen molar-refractivity contribution in [1.29, 1.82) is 0 Å². The fourth-order valence-electron chi connectivity index (χ4n) is 1.87. The van der Waals surface area contributed by atoms with E-state index in [4.69, 9.17) is 9.47 Å². The van der Waals surface area contributed by atoms with Crippen LogP contribution < -0.4 is 19.7 Å². The van der Waals surface area contributed by atoms with Crippen LogP contribution in [0.3, 0.4) is 0 Å². The quantitative estimate of drug-likeness (QED) is 0.815. The van der Waals surface area contributed by atoms with Gasteiger partial charge in [0, 0.05) is 13.1 Å². The molecule has 1 aliphatic heterocycles. The molecule has 1 aromatic rings. The van der Waals surface area contributed by atoms with Crippen molar-refractivity contribution in [3.63, 3.8) is 0 Å². The van der Waals surface area contributed by atoms with E-state index in [9.17, 15) is 13.6 Å². The normalized spacial score (nSPS) is 14.8. The molecule has 1 fully saturated rings.